The Hall–Kier alpha value is -0.220. The maximum absolute atomic E-state index is 12.4. The molecular formula is C13H26N2OS. The van der Waals surface area contributed by atoms with Crippen molar-refractivity contribution in [2.24, 2.45) is 11.8 Å². The van der Waals surface area contributed by atoms with E-state index in [2.05, 4.69) is 31.0 Å². The van der Waals surface area contributed by atoms with E-state index in [0.29, 0.717) is 17.7 Å². The minimum atomic E-state index is 0.147. The predicted octanol–water partition coefficient (Wildman–Crippen LogP) is 1.83. The van der Waals surface area contributed by atoms with Crippen LogP contribution in [0.2, 0.25) is 0 Å². The second-order valence-corrected chi connectivity index (χ2v) is 6.54. The molecule has 1 N–H and O–H groups in total. The lowest BCUT2D eigenvalue weighted by molar-refractivity contribution is -0.130. The van der Waals surface area contributed by atoms with E-state index in [9.17, 15) is 4.79 Å². The molecule has 17 heavy (non-hydrogen) atoms. The van der Waals surface area contributed by atoms with Gasteiger partial charge in [0, 0.05) is 13.1 Å². The predicted molar refractivity (Wildman–Crippen MR) is 75.4 cm³/mol. The summed E-state index contributed by atoms with van der Waals surface area (Å²) in [5.41, 5.74) is 0. The van der Waals surface area contributed by atoms with Crippen LogP contribution < -0.4 is 5.32 Å². The zero-order chi connectivity index (χ0) is 12.8. The molecule has 3 nitrogen and oxygen atoms in total. The van der Waals surface area contributed by atoms with Gasteiger partial charge in [0.1, 0.15) is 0 Å². The van der Waals surface area contributed by atoms with E-state index < -0.39 is 0 Å². The van der Waals surface area contributed by atoms with Crippen molar-refractivity contribution in [2.75, 3.05) is 32.4 Å². The van der Waals surface area contributed by atoms with Crippen molar-refractivity contribution in [3.05, 3.63) is 0 Å². The zero-order valence-corrected chi connectivity index (χ0v) is 12.3. The lowest BCUT2D eigenvalue weighted by atomic mass is 10.1. The Balaban J connectivity index is 2.51. The molecule has 1 aliphatic rings. The van der Waals surface area contributed by atoms with E-state index >= 15 is 0 Å². The van der Waals surface area contributed by atoms with Crippen molar-refractivity contribution in [1.82, 2.24) is 10.2 Å². The summed E-state index contributed by atoms with van der Waals surface area (Å²) in [6.07, 6.45) is 1.15. The monoisotopic (exact) mass is 258 g/mol. The second-order valence-electron chi connectivity index (χ2n) is 5.12. The summed E-state index contributed by atoms with van der Waals surface area (Å²) in [6.45, 7) is 9.32. The summed E-state index contributed by atoms with van der Waals surface area (Å²) in [5.74, 6) is 2.44. The quantitative estimate of drug-likeness (QED) is 0.789. The molecule has 0 aliphatic carbocycles. The molecule has 2 unspecified atom stereocenters. The topological polar surface area (TPSA) is 32.3 Å². The zero-order valence-electron chi connectivity index (χ0n) is 11.5. The van der Waals surface area contributed by atoms with Gasteiger partial charge in [-0.05, 0) is 37.6 Å². The third-order valence-electron chi connectivity index (χ3n) is 3.29. The van der Waals surface area contributed by atoms with Crippen molar-refractivity contribution in [3.63, 3.8) is 0 Å². The molecule has 0 radical (unpaired) electrons. The van der Waals surface area contributed by atoms with Crippen LogP contribution in [0.25, 0.3) is 0 Å². The van der Waals surface area contributed by atoms with Gasteiger partial charge < -0.3 is 10.2 Å². The first-order valence-electron chi connectivity index (χ1n) is 6.65. The lowest BCUT2D eigenvalue weighted by Crippen LogP contribution is -2.39. The van der Waals surface area contributed by atoms with Crippen LogP contribution in [0.3, 0.4) is 0 Å². The van der Waals surface area contributed by atoms with Gasteiger partial charge >= 0.3 is 0 Å². The highest BCUT2D eigenvalue weighted by Crippen LogP contribution is 2.25. The van der Waals surface area contributed by atoms with Crippen LogP contribution >= 0.6 is 11.8 Å². The molecule has 0 bridgehead atoms. The molecule has 4 heteroatoms. The number of nitrogens with zero attached hydrogens (tertiary/aromatic N) is 1. The summed E-state index contributed by atoms with van der Waals surface area (Å²) < 4.78 is 0. The van der Waals surface area contributed by atoms with E-state index in [1.54, 1.807) is 11.8 Å². The molecule has 0 aromatic rings. The average molecular weight is 258 g/mol. The molecule has 1 fully saturated rings. The van der Waals surface area contributed by atoms with Crippen LogP contribution in [0.5, 0.6) is 0 Å². The molecule has 1 amide bonds. The molecular weight excluding hydrogens is 232 g/mol. The molecule has 0 aromatic heterocycles. The minimum absolute atomic E-state index is 0.147. The summed E-state index contributed by atoms with van der Waals surface area (Å²) in [6, 6.07) is 0. The molecule has 0 spiro atoms. The Labute approximate surface area is 110 Å². The molecule has 1 heterocycles. The third-order valence-corrected chi connectivity index (χ3v) is 4.72. The van der Waals surface area contributed by atoms with Crippen molar-refractivity contribution >= 4 is 17.7 Å². The summed E-state index contributed by atoms with van der Waals surface area (Å²) in [7, 11) is 1.98. The maximum atomic E-state index is 12.4. The molecule has 0 saturated carbocycles. The van der Waals surface area contributed by atoms with Crippen molar-refractivity contribution in [3.8, 4) is 0 Å². The normalized spacial score (nSPS) is 22.2. The fourth-order valence-corrected chi connectivity index (χ4v) is 3.43. The second kappa shape index (κ2) is 7.27. The van der Waals surface area contributed by atoms with Gasteiger partial charge in [-0.3, -0.25) is 4.79 Å². The standard InChI is InChI=1S/C13H26N2OS/c1-5-17-12(10(2)3)13(16)15-7-6-11(9-15)8-14-4/h10-12,14H,5-9H2,1-4H3. The van der Waals surface area contributed by atoms with Crippen LogP contribution in [0, 0.1) is 11.8 Å². The Morgan fingerprint density at radius 2 is 2.24 bits per heavy atom. The SMILES string of the molecule is CCSC(C(=O)N1CCC(CNC)C1)C(C)C. The fourth-order valence-electron chi connectivity index (χ4n) is 2.40. The number of hydrogen-bond acceptors (Lipinski definition) is 3. The molecule has 1 saturated heterocycles. The highest BCUT2D eigenvalue weighted by Gasteiger charge is 2.31. The highest BCUT2D eigenvalue weighted by atomic mass is 32.2. The highest BCUT2D eigenvalue weighted by molar-refractivity contribution is 8.00. The van der Waals surface area contributed by atoms with Crippen LogP contribution in [0.1, 0.15) is 27.2 Å². The number of carbonyl (C=O) groups is 1. The van der Waals surface area contributed by atoms with E-state index in [-0.39, 0.29) is 5.25 Å². The van der Waals surface area contributed by atoms with Gasteiger partial charge in [-0.2, -0.15) is 0 Å². The number of hydrogen-bond donors (Lipinski definition) is 1. The van der Waals surface area contributed by atoms with Gasteiger partial charge in [0.05, 0.1) is 5.25 Å². The van der Waals surface area contributed by atoms with Gasteiger partial charge in [0.15, 0.2) is 0 Å². The Morgan fingerprint density at radius 3 is 2.76 bits per heavy atom. The van der Waals surface area contributed by atoms with E-state index in [0.717, 1.165) is 31.8 Å². The molecule has 100 valence electrons. The van der Waals surface area contributed by atoms with Crippen LogP contribution in [0.15, 0.2) is 0 Å². The van der Waals surface area contributed by atoms with Gasteiger partial charge in [-0.1, -0.05) is 20.8 Å². The fraction of sp³-hybridized carbons (Fsp3) is 0.923. The van der Waals surface area contributed by atoms with Crippen molar-refractivity contribution < 1.29 is 4.79 Å². The number of nitrogens with one attached hydrogen (secondary N) is 1. The van der Waals surface area contributed by atoms with Gasteiger partial charge in [-0.25, -0.2) is 0 Å². The number of thioether (sulfide) groups is 1. The van der Waals surface area contributed by atoms with Crippen LogP contribution in [-0.4, -0.2) is 48.5 Å². The first kappa shape index (κ1) is 14.8. The van der Waals surface area contributed by atoms with Gasteiger partial charge in [0.2, 0.25) is 5.91 Å². The lowest BCUT2D eigenvalue weighted by Gasteiger charge is -2.25. The summed E-state index contributed by atoms with van der Waals surface area (Å²) in [4.78, 5) is 14.5. The van der Waals surface area contributed by atoms with E-state index in [1.807, 2.05) is 7.05 Å². The third kappa shape index (κ3) is 4.18. The van der Waals surface area contributed by atoms with Crippen molar-refractivity contribution in [2.45, 2.75) is 32.4 Å². The molecule has 0 aromatic carbocycles. The molecule has 2 atom stereocenters. The first-order chi connectivity index (χ1) is 8.10. The Morgan fingerprint density at radius 1 is 1.53 bits per heavy atom. The Bertz CT molecular complexity index is 246. The number of carbonyl (C=O) groups excluding carboxylic acids is 1. The maximum Gasteiger partial charge on any atom is 0.235 e. The largest absolute Gasteiger partial charge is 0.341 e. The molecule has 1 aliphatic heterocycles. The minimum Gasteiger partial charge on any atom is -0.341 e. The van der Waals surface area contributed by atoms with E-state index in [4.69, 9.17) is 0 Å². The van der Waals surface area contributed by atoms with Crippen LogP contribution in [-0.2, 0) is 4.79 Å². The Kier molecular flexibility index (Phi) is 6.34. The van der Waals surface area contributed by atoms with Crippen molar-refractivity contribution in [1.29, 1.82) is 0 Å². The average Bonchev–Trinajstić information content (AvgIpc) is 2.73. The van der Waals surface area contributed by atoms with Gasteiger partial charge in [-0.15, -0.1) is 11.8 Å². The summed E-state index contributed by atoms with van der Waals surface area (Å²) >= 11 is 1.79. The smallest absolute Gasteiger partial charge is 0.235 e. The number of amides is 1. The van der Waals surface area contributed by atoms with Crippen LogP contribution in [0.4, 0.5) is 0 Å². The molecule has 1 rings (SSSR count). The van der Waals surface area contributed by atoms with E-state index in [1.165, 1.54) is 0 Å². The van der Waals surface area contributed by atoms with Gasteiger partial charge in [0.25, 0.3) is 0 Å². The number of likely N-dealkylation sites (tertiary alicyclic amines) is 1. The summed E-state index contributed by atoms with van der Waals surface area (Å²) in [5, 5.41) is 3.35. The first-order valence-corrected chi connectivity index (χ1v) is 7.70. The number of rotatable bonds is 6.